The van der Waals surface area contributed by atoms with E-state index in [4.69, 9.17) is 9.47 Å². The highest BCUT2D eigenvalue weighted by molar-refractivity contribution is 7.14. The van der Waals surface area contributed by atoms with Crippen LogP contribution in [0.5, 0.6) is 0 Å². The second-order valence-electron chi connectivity index (χ2n) is 10.2. The van der Waals surface area contributed by atoms with Gasteiger partial charge in [0.15, 0.2) is 0 Å². The van der Waals surface area contributed by atoms with E-state index in [1.165, 1.54) is 36.9 Å². The van der Waals surface area contributed by atoms with Gasteiger partial charge < -0.3 is 9.47 Å². The van der Waals surface area contributed by atoms with Crippen LogP contribution in [0.4, 0.5) is 19.6 Å². The van der Waals surface area contributed by atoms with Crippen molar-refractivity contribution < 1.29 is 19.1 Å². The molecule has 4 aromatic rings. The van der Waals surface area contributed by atoms with Crippen molar-refractivity contribution in [2.45, 2.75) is 37.8 Å². The molecule has 2 amide bonds. The summed E-state index contributed by atoms with van der Waals surface area (Å²) < 4.78 is 10.6. The molecular weight excluding hydrogens is 595 g/mol. The summed E-state index contributed by atoms with van der Waals surface area (Å²) in [6, 6.07) is 19.7. The van der Waals surface area contributed by atoms with Gasteiger partial charge in [0, 0.05) is 13.1 Å². The van der Waals surface area contributed by atoms with Gasteiger partial charge in [-0.3, -0.25) is 24.7 Å². The molecular formula is C33H39N5O4S2. The first-order valence-corrected chi connectivity index (χ1v) is 16.2. The SMILES string of the molecule is C=CCCCN(C[C@H](Cc1ccccc1)N(C(=O)OC)c1cncs1)C[C@H](Cc1ccccc1)N(C(=O)OC)c1cncs1. The van der Waals surface area contributed by atoms with Crippen LogP contribution in [0.2, 0.25) is 0 Å². The Kier molecular flexibility index (Phi) is 12.9. The molecule has 9 nitrogen and oxygen atoms in total. The van der Waals surface area contributed by atoms with Crippen molar-refractivity contribution in [2.24, 2.45) is 0 Å². The number of unbranched alkanes of at least 4 members (excludes halogenated alkanes) is 1. The zero-order valence-corrected chi connectivity index (χ0v) is 26.8. The average Bonchev–Trinajstić information content (AvgIpc) is 3.78. The van der Waals surface area contributed by atoms with Crippen LogP contribution in [0.25, 0.3) is 0 Å². The Labute approximate surface area is 267 Å². The summed E-state index contributed by atoms with van der Waals surface area (Å²) in [6.45, 7) is 5.71. The van der Waals surface area contributed by atoms with Gasteiger partial charge in [0.05, 0.1) is 49.7 Å². The molecule has 0 saturated heterocycles. The van der Waals surface area contributed by atoms with Crippen molar-refractivity contribution in [1.82, 2.24) is 14.9 Å². The first-order valence-electron chi connectivity index (χ1n) is 14.5. The second kappa shape index (κ2) is 17.3. The van der Waals surface area contributed by atoms with Gasteiger partial charge in [0.25, 0.3) is 0 Å². The number of hydrogen-bond acceptors (Lipinski definition) is 9. The predicted octanol–water partition coefficient (Wildman–Crippen LogP) is 6.94. The lowest BCUT2D eigenvalue weighted by molar-refractivity contribution is 0.166. The van der Waals surface area contributed by atoms with E-state index in [1.807, 2.05) is 42.5 Å². The molecule has 11 heteroatoms. The highest BCUT2D eigenvalue weighted by Gasteiger charge is 2.33. The van der Waals surface area contributed by atoms with Crippen molar-refractivity contribution >= 4 is 44.9 Å². The molecule has 44 heavy (non-hydrogen) atoms. The van der Waals surface area contributed by atoms with E-state index in [0.717, 1.165) is 30.5 Å². The fourth-order valence-electron chi connectivity index (χ4n) is 5.25. The van der Waals surface area contributed by atoms with Gasteiger partial charge in [-0.15, -0.1) is 29.3 Å². The summed E-state index contributed by atoms with van der Waals surface area (Å²) in [5.74, 6) is 0. The van der Waals surface area contributed by atoms with Crippen LogP contribution in [0.3, 0.4) is 0 Å². The van der Waals surface area contributed by atoms with E-state index >= 15 is 0 Å². The minimum absolute atomic E-state index is 0.276. The number of thiazole rings is 2. The van der Waals surface area contributed by atoms with Gasteiger partial charge in [0.1, 0.15) is 10.0 Å². The number of ether oxygens (including phenoxy) is 2. The van der Waals surface area contributed by atoms with Gasteiger partial charge in [-0.05, 0) is 43.4 Å². The first kappa shape index (κ1) is 32.8. The molecule has 0 N–H and O–H groups in total. The van der Waals surface area contributed by atoms with Crippen LogP contribution in [0.1, 0.15) is 24.0 Å². The highest BCUT2D eigenvalue weighted by Crippen LogP contribution is 2.28. The van der Waals surface area contributed by atoms with Gasteiger partial charge in [-0.1, -0.05) is 66.7 Å². The predicted molar refractivity (Wildman–Crippen MR) is 178 cm³/mol. The summed E-state index contributed by atoms with van der Waals surface area (Å²) in [5.41, 5.74) is 5.63. The van der Waals surface area contributed by atoms with Crippen LogP contribution in [-0.4, -0.2) is 73.0 Å². The normalized spacial score (nSPS) is 12.3. The molecule has 0 unspecified atom stereocenters. The van der Waals surface area contributed by atoms with E-state index < -0.39 is 12.2 Å². The van der Waals surface area contributed by atoms with Crippen LogP contribution in [-0.2, 0) is 22.3 Å². The summed E-state index contributed by atoms with van der Waals surface area (Å²) in [6.07, 6.45) is 7.34. The van der Waals surface area contributed by atoms with E-state index in [9.17, 15) is 9.59 Å². The summed E-state index contributed by atoms with van der Waals surface area (Å²) in [5, 5.41) is 1.43. The number of carbonyl (C=O) groups is 2. The molecule has 0 saturated carbocycles. The number of methoxy groups -OCH3 is 2. The van der Waals surface area contributed by atoms with E-state index in [2.05, 4.69) is 45.7 Å². The number of allylic oxidation sites excluding steroid dienone is 1. The standard InChI is InChI=1S/C33H39N5O4S2/c1-4-5-12-17-36(22-28(18-26-13-8-6-9-14-26)37(32(39)41-2)30-20-34-24-43-30)23-29(19-27-15-10-7-11-16-27)38(33(40)42-3)31-21-35-25-44-31/h4,6-11,13-16,20-21,24-25,28-29H,1,5,12,17-19,22-23H2,2-3H3/t28-,29-/m0/s1. The van der Waals surface area contributed by atoms with Crippen molar-refractivity contribution in [3.8, 4) is 0 Å². The maximum absolute atomic E-state index is 13.3. The molecule has 2 aromatic heterocycles. The zero-order chi connectivity index (χ0) is 31.1. The Balaban J connectivity index is 1.73. The van der Waals surface area contributed by atoms with E-state index in [1.54, 1.807) is 33.2 Å². The Hall–Kier alpha value is -4.06. The van der Waals surface area contributed by atoms with E-state index in [-0.39, 0.29) is 12.1 Å². The molecule has 4 rings (SSSR count). The molecule has 0 aliphatic rings. The molecule has 0 spiro atoms. The first-order chi connectivity index (χ1) is 21.5. The lowest BCUT2D eigenvalue weighted by Gasteiger charge is -2.38. The topological polar surface area (TPSA) is 88.1 Å². The number of carbonyl (C=O) groups excluding carboxylic acids is 2. The molecule has 0 aliphatic carbocycles. The molecule has 0 aliphatic heterocycles. The quantitative estimate of drug-likeness (QED) is 0.0976. The molecule has 2 atom stereocenters. The van der Waals surface area contributed by atoms with Crippen molar-refractivity contribution in [2.75, 3.05) is 43.7 Å². The number of rotatable bonds is 16. The number of anilines is 2. The lowest BCUT2D eigenvalue weighted by Crippen LogP contribution is -2.53. The average molecular weight is 634 g/mol. The third-order valence-electron chi connectivity index (χ3n) is 7.24. The Morgan fingerprint density at radius 1 is 0.795 bits per heavy atom. The number of hydrogen-bond donors (Lipinski definition) is 0. The number of nitrogens with zero attached hydrogens (tertiary/aromatic N) is 5. The number of aromatic nitrogens is 2. The number of benzene rings is 2. The second-order valence-corrected chi connectivity index (χ2v) is 12.0. The minimum Gasteiger partial charge on any atom is -0.452 e. The van der Waals surface area contributed by atoms with Crippen LogP contribution in [0, 0.1) is 0 Å². The smallest absolute Gasteiger partial charge is 0.415 e. The third-order valence-corrected chi connectivity index (χ3v) is 8.78. The van der Waals surface area contributed by atoms with Gasteiger partial charge in [-0.25, -0.2) is 9.59 Å². The molecule has 232 valence electrons. The van der Waals surface area contributed by atoms with Crippen LogP contribution < -0.4 is 9.80 Å². The van der Waals surface area contributed by atoms with Gasteiger partial charge >= 0.3 is 12.2 Å². The Morgan fingerprint density at radius 3 is 1.61 bits per heavy atom. The van der Waals surface area contributed by atoms with Gasteiger partial charge in [-0.2, -0.15) is 0 Å². The third kappa shape index (κ3) is 9.22. The van der Waals surface area contributed by atoms with Crippen molar-refractivity contribution in [3.63, 3.8) is 0 Å². The van der Waals surface area contributed by atoms with E-state index in [0.29, 0.717) is 35.9 Å². The van der Waals surface area contributed by atoms with Crippen molar-refractivity contribution in [1.29, 1.82) is 0 Å². The van der Waals surface area contributed by atoms with Crippen LogP contribution >= 0.6 is 22.7 Å². The van der Waals surface area contributed by atoms with Crippen molar-refractivity contribution in [3.05, 3.63) is 108 Å². The minimum atomic E-state index is -0.442. The summed E-state index contributed by atoms with van der Waals surface area (Å²) in [4.78, 5) is 40.9. The fourth-order valence-corrected chi connectivity index (χ4v) is 6.63. The molecule has 0 bridgehead atoms. The maximum atomic E-state index is 13.3. The Morgan fingerprint density at radius 2 is 1.25 bits per heavy atom. The Bertz CT molecular complexity index is 1300. The zero-order valence-electron chi connectivity index (χ0n) is 25.2. The molecule has 2 heterocycles. The molecule has 2 aromatic carbocycles. The maximum Gasteiger partial charge on any atom is 0.415 e. The summed E-state index contributed by atoms with van der Waals surface area (Å²) >= 11 is 2.79. The highest BCUT2D eigenvalue weighted by atomic mass is 32.1. The largest absolute Gasteiger partial charge is 0.452 e. The monoisotopic (exact) mass is 633 g/mol. The summed E-state index contributed by atoms with van der Waals surface area (Å²) in [7, 11) is 2.80. The number of amides is 2. The molecule has 0 fully saturated rings. The lowest BCUT2D eigenvalue weighted by atomic mass is 10.0. The fraction of sp³-hybridized carbons (Fsp3) is 0.333. The van der Waals surface area contributed by atoms with Gasteiger partial charge in [0.2, 0.25) is 0 Å². The molecule has 0 radical (unpaired) electrons. The van der Waals surface area contributed by atoms with Crippen LogP contribution in [0.15, 0.2) is 96.7 Å².